The van der Waals surface area contributed by atoms with Gasteiger partial charge >= 0.3 is 7.32 Å². The molecule has 0 fully saturated rings. The maximum absolute atomic E-state index is 7.06. The SMILES string of the molecule is CCCCCC(OB(Oc1ccc(C)c(Cl)c1)Oc1ccc(C)c(Cl)c1)C(CCC)[N+](CCCC)(CCCC)CCCC. The summed E-state index contributed by atoms with van der Waals surface area (Å²) in [5, 5.41) is 1.32. The molecule has 2 unspecified atom stereocenters. The van der Waals surface area contributed by atoms with Crippen molar-refractivity contribution in [1.29, 1.82) is 0 Å². The fourth-order valence-electron chi connectivity index (χ4n) is 6.05. The molecule has 2 rings (SSSR count). The molecule has 7 heteroatoms. The van der Waals surface area contributed by atoms with E-state index in [0.717, 1.165) is 41.3 Å². The van der Waals surface area contributed by atoms with Crippen molar-refractivity contribution in [2.45, 2.75) is 138 Å². The summed E-state index contributed by atoms with van der Waals surface area (Å²) in [7, 11) is -0.936. The number of quaternary nitrogens is 1. The zero-order chi connectivity index (χ0) is 31.7. The van der Waals surface area contributed by atoms with Gasteiger partial charge in [0.1, 0.15) is 17.5 Å². The lowest BCUT2D eigenvalue weighted by atomic mass is 9.92. The van der Waals surface area contributed by atoms with Crippen molar-refractivity contribution in [2.75, 3.05) is 19.6 Å². The molecule has 0 amide bonds. The molecule has 43 heavy (non-hydrogen) atoms. The van der Waals surface area contributed by atoms with Crippen LogP contribution in [0.25, 0.3) is 0 Å². The quantitative estimate of drug-likeness (QED) is 0.0691. The van der Waals surface area contributed by atoms with E-state index in [1.54, 1.807) is 0 Å². The second kappa shape index (κ2) is 20.6. The molecule has 0 heterocycles. The van der Waals surface area contributed by atoms with E-state index in [1.165, 1.54) is 71.0 Å². The molecule has 0 radical (unpaired) electrons. The monoisotopic (exact) mass is 634 g/mol. The first-order chi connectivity index (χ1) is 20.7. The maximum Gasteiger partial charge on any atom is 0.788 e. The first-order valence-corrected chi connectivity index (χ1v) is 17.9. The van der Waals surface area contributed by atoms with Gasteiger partial charge in [-0.3, -0.25) is 0 Å². The number of hydrogen-bond acceptors (Lipinski definition) is 3. The van der Waals surface area contributed by atoms with E-state index in [0.29, 0.717) is 27.6 Å². The molecular weight excluding hydrogens is 576 g/mol. The summed E-state index contributed by atoms with van der Waals surface area (Å²) >= 11 is 13.0. The van der Waals surface area contributed by atoms with Gasteiger partial charge < -0.3 is 18.4 Å². The normalized spacial score (nSPS) is 13.1. The first kappa shape index (κ1) is 37.8. The number of aryl methyl sites for hydroxylation is 2. The van der Waals surface area contributed by atoms with Crippen molar-refractivity contribution >= 4 is 30.5 Å². The third kappa shape index (κ3) is 12.5. The van der Waals surface area contributed by atoms with E-state index in [4.69, 9.17) is 37.2 Å². The Morgan fingerprint density at radius 2 is 1.09 bits per heavy atom. The Hall–Kier alpha value is -1.40. The van der Waals surface area contributed by atoms with Crippen LogP contribution in [0.1, 0.15) is 123 Å². The smallest absolute Gasteiger partial charge is 0.501 e. The molecule has 0 N–H and O–H groups in total. The molecule has 0 spiro atoms. The number of unbranched alkanes of at least 4 members (excludes halogenated alkanes) is 5. The summed E-state index contributed by atoms with van der Waals surface area (Å²) in [6, 6.07) is 11.9. The Kier molecular flexibility index (Phi) is 18.1. The highest BCUT2D eigenvalue weighted by atomic mass is 35.5. The molecule has 2 atom stereocenters. The lowest BCUT2D eigenvalue weighted by Crippen LogP contribution is -2.62. The Morgan fingerprint density at radius 3 is 1.49 bits per heavy atom. The highest BCUT2D eigenvalue weighted by Crippen LogP contribution is 2.32. The lowest BCUT2D eigenvalue weighted by molar-refractivity contribution is -0.955. The van der Waals surface area contributed by atoms with Crippen molar-refractivity contribution < 1.29 is 18.4 Å². The highest BCUT2D eigenvalue weighted by Gasteiger charge is 2.44. The Balaban J connectivity index is 2.57. The highest BCUT2D eigenvalue weighted by molar-refractivity contribution is 6.39. The van der Waals surface area contributed by atoms with Crippen LogP contribution in [0.5, 0.6) is 11.5 Å². The van der Waals surface area contributed by atoms with Crippen LogP contribution in [0.4, 0.5) is 0 Å². The molecule has 242 valence electrons. The van der Waals surface area contributed by atoms with Crippen LogP contribution in [0.3, 0.4) is 0 Å². The largest absolute Gasteiger partial charge is 0.788 e. The van der Waals surface area contributed by atoms with Gasteiger partial charge in [-0.15, -0.1) is 0 Å². The Morgan fingerprint density at radius 1 is 0.628 bits per heavy atom. The van der Waals surface area contributed by atoms with Crippen LogP contribution in [0.2, 0.25) is 10.0 Å². The minimum Gasteiger partial charge on any atom is -0.501 e. The van der Waals surface area contributed by atoms with E-state index in [9.17, 15) is 0 Å². The van der Waals surface area contributed by atoms with E-state index in [2.05, 4.69) is 34.6 Å². The molecule has 0 aliphatic rings. The van der Waals surface area contributed by atoms with Gasteiger partial charge in [0.25, 0.3) is 0 Å². The summed E-state index contributed by atoms with van der Waals surface area (Å²) < 4.78 is 21.1. The van der Waals surface area contributed by atoms with Gasteiger partial charge in [0.15, 0.2) is 0 Å². The number of nitrogens with zero attached hydrogens (tertiary/aromatic N) is 1. The maximum atomic E-state index is 7.06. The Labute approximate surface area is 274 Å². The molecule has 2 aromatic rings. The van der Waals surface area contributed by atoms with Gasteiger partial charge in [-0.05, 0) is 74.9 Å². The van der Waals surface area contributed by atoms with E-state index >= 15 is 0 Å². The van der Waals surface area contributed by atoms with Gasteiger partial charge in [-0.2, -0.15) is 0 Å². The van der Waals surface area contributed by atoms with Gasteiger partial charge in [-0.25, -0.2) is 0 Å². The summed E-state index contributed by atoms with van der Waals surface area (Å²) in [5.41, 5.74) is 2.01. The summed E-state index contributed by atoms with van der Waals surface area (Å²) in [6.45, 7) is 19.1. The van der Waals surface area contributed by atoms with E-state index < -0.39 is 7.32 Å². The third-order valence-electron chi connectivity index (χ3n) is 8.72. The standard InChI is InChI=1S/C36H59BCl2NO3/c1-8-13-17-19-36(35(18-12-5)40(24-14-9-2,25-15-10-3)26-16-11-4)43-37(41-31-22-20-29(6)33(38)27-31)42-32-23-21-30(7)34(39)28-32/h20-23,27-28,35-36H,8-19,24-26H2,1-7H3/q+1. The summed E-state index contributed by atoms with van der Waals surface area (Å²) in [6.07, 6.45) is 14.0. The van der Waals surface area contributed by atoms with Crippen LogP contribution in [-0.2, 0) is 4.65 Å². The number of benzene rings is 2. The summed E-state index contributed by atoms with van der Waals surface area (Å²) in [4.78, 5) is 0. The average Bonchev–Trinajstić information content (AvgIpc) is 2.99. The predicted octanol–water partition coefficient (Wildman–Crippen LogP) is 11.4. The number of hydrogen-bond donors (Lipinski definition) is 0. The van der Waals surface area contributed by atoms with Gasteiger partial charge in [-0.1, -0.05) is 115 Å². The number of rotatable bonds is 23. The van der Waals surface area contributed by atoms with Gasteiger partial charge in [0, 0.05) is 16.5 Å². The van der Waals surface area contributed by atoms with Crippen LogP contribution in [0, 0.1) is 13.8 Å². The van der Waals surface area contributed by atoms with E-state index in [-0.39, 0.29) is 6.10 Å². The molecule has 0 aliphatic heterocycles. The van der Waals surface area contributed by atoms with Crippen LogP contribution >= 0.6 is 23.2 Å². The fourth-order valence-corrected chi connectivity index (χ4v) is 6.39. The van der Waals surface area contributed by atoms with Crippen LogP contribution in [0.15, 0.2) is 36.4 Å². The second-order valence-corrected chi connectivity index (χ2v) is 13.1. The minimum atomic E-state index is -0.936. The molecule has 2 aromatic carbocycles. The lowest BCUT2D eigenvalue weighted by Gasteiger charge is -2.48. The van der Waals surface area contributed by atoms with Crippen molar-refractivity contribution in [2.24, 2.45) is 0 Å². The van der Waals surface area contributed by atoms with Gasteiger partial charge in [0.05, 0.1) is 25.7 Å². The minimum absolute atomic E-state index is 0.0103. The first-order valence-electron chi connectivity index (χ1n) is 17.1. The van der Waals surface area contributed by atoms with Crippen molar-refractivity contribution in [3.63, 3.8) is 0 Å². The Bertz CT molecular complexity index is 978. The number of halogens is 2. The molecule has 0 aliphatic carbocycles. The van der Waals surface area contributed by atoms with Crippen molar-refractivity contribution in [3.8, 4) is 11.5 Å². The second-order valence-electron chi connectivity index (χ2n) is 12.3. The molecule has 0 saturated heterocycles. The molecule has 0 bridgehead atoms. The summed E-state index contributed by atoms with van der Waals surface area (Å²) in [5.74, 6) is 1.25. The van der Waals surface area contributed by atoms with Crippen LogP contribution in [-0.4, -0.2) is 43.6 Å². The van der Waals surface area contributed by atoms with Crippen molar-refractivity contribution in [3.05, 3.63) is 57.6 Å². The van der Waals surface area contributed by atoms with Crippen LogP contribution < -0.4 is 9.31 Å². The predicted molar refractivity (Wildman–Crippen MR) is 187 cm³/mol. The average molecular weight is 636 g/mol. The zero-order valence-electron chi connectivity index (χ0n) is 28.2. The van der Waals surface area contributed by atoms with Gasteiger partial charge in [0.2, 0.25) is 0 Å². The topological polar surface area (TPSA) is 27.7 Å². The molecule has 4 nitrogen and oxygen atoms in total. The molecule has 0 saturated carbocycles. The third-order valence-corrected chi connectivity index (χ3v) is 9.53. The van der Waals surface area contributed by atoms with E-state index in [1.807, 2.05) is 50.2 Å². The molecule has 0 aromatic heterocycles. The van der Waals surface area contributed by atoms with Crippen molar-refractivity contribution in [1.82, 2.24) is 0 Å². The zero-order valence-corrected chi connectivity index (χ0v) is 29.7. The molecular formula is C36H59BCl2NO3+. The fraction of sp³-hybridized carbons (Fsp3) is 0.667.